The van der Waals surface area contributed by atoms with Crippen molar-refractivity contribution in [2.24, 2.45) is 5.92 Å². The second-order valence-corrected chi connectivity index (χ2v) is 8.98. The molecule has 3 saturated heterocycles. The Morgan fingerprint density at radius 3 is 2.66 bits per heavy atom. The van der Waals surface area contributed by atoms with Crippen molar-refractivity contribution in [3.05, 3.63) is 35.6 Å². The summed E-state index contributed by atoms with van der Waals surface area (Å²) in [4.78, 5) is 17.0. The SMILES string of the molecule is C[C@@H]1CN(C[C@@H]2CCCO2)CC[C@H]1NC1CCN(C(=O)c2ccccc2F)CC1. The lowest BCUT2D eigenvalue weighted by Gasteiger charge is -2.41. The average Bonchev–Trinajstić information content (AvgIpc) is 3.23. The maximum absolute atomic E-state index is 13.9. The van der Waals surface area contributed by atoms with Gasteiger partial charge in [-0.25, -0.2) is 4.39 Å². The molecule has 1 aromatic carbocycles. The summed E-state index contributed by atoms with van der Waals surface area (Å²) in [6.45, 7) is 7.99. The van der Waals surface area contributed by atoms with Crippen LogP contribution in [0.25, 0.3) is 0 Å². The van der Waals surface area contributed by atoms with Crippen LogP contribution in [-0.4, -0.2) is 73.2 Å². The number of ether oxygens (including phenoxy) is 1. The Balaban J connectivity index is 1.22. The van der Waals surface area contributed by atoms with Gasteiger partial charge in [-0.3, -0.25) is 4.79 Å². The fraction of sp³-hybridized carbons (Fsp3) is 0.696. The van der Waals surface area contributed by atoms with E-state index in [2.05, 4.69) is 17.1 Å². The van der Waals surface area contributed by atoms with E-state index in [1.54, 1.807) is 23.1 Å². The zero-order chi connectivity index (χ0) is 20.2. The molecule has 0 bridgehead atoms. The highest BCUT2D eigenvalue weighted by molar-refractivity contribution is 5.94. The van der Waals surface area contributed by atoms with Gasteiger partial charge in [-0.2, -0.15) is 0 Å². The van der Waals surface area contributed by atoms with Gasteiger partial charge in [0, 0.05) is 44.9 Å². The number of piperidine rings is 2. The predicted octanol–water partition coefficient (Wildman–Crippen LogP) is 2.91. The van der Waals surface area contributed by atoms with Crippen LogP contribution in [0.5, 0.6) is 0 Å². The zero-order valence-corrected chi connectivity index (χ0v) is 17.5. The molecule has 160 valence electrons. The summed E-state index contributed by atoms with van der Waals surface area (Å²) in [6.07, 6.45) is 5.88. The van der Waals surface area contributed by atoms with E-state index in [0.717, 1.165) is 39.1 Å². The number of benzene rings is 1. The summed E-state index contributed by atoms with van der Waals surface area (Å²) in [5.41, 5.74) is 0.186. The van der Waals surface area contributed by atoms with Crippen molar-refractivity contribution in [3.8, 4) is 0 Å². The molecule has 3 atom stereocenters. The number of likely N-dealkylation sites (tertiary alicyclic amines) is 2. The first kappa shape index (κ1) is 20.8. The second-order valence-electron chi connectivity index (χ2n) is 8.98. The first-order valence-corrected chi connectivity index (χ1v) is 11.2. The average molecular weight is 404 g/mol. The molecule has 5 nitrogen and oxygen atoms in total. The molecule has 0 unspecified atom stereocenters. The third-order valence-electron chi connectivity index (χ3n) is 6.81. The third-order valence-corrected chi connectivity index (χ3v) is 6.81. The van der Waals surface area contributed by atoms with E-state index in [9.17, 15) is 9.18 Å². The van der Waals surface area contributed by atoms with E-state index in [1.807, 2.05) is 0 Å². The number of rotatable bonds is 5. The Morgan fingerprint density at radius 1 is 1.17 bits per heavy atom. The quantitative estimate of drug-likeness (QED) is 0.821. The number of amides is 1. The Bertz CT molecular complexity index is 686. The largest absolute Gasteiger partial charge is 0.377 e. The summed E-state index contributed by atoms with van der Waals surface area (Å²) in [5, 5.41) is 3.86. The Morgan fingerprint density at radius 2 is 1.97 bits per heavy atom. The van der Waals surface area contributed by atoms with Crippen LogP contribution in [-0.2, 0) is 4.74 Å². The number of halogens is 1. The van der Waals surface area contributed by atoms with Crippen LogP contribution in [0.4, 0.5) is 4.39 Å². The van der Waals surface area contributed by atoms with Gasteiger partial charge < -0.3 is 19.9 Å². The van der Waals surface area contributed by atoms with E-state index < -0.39 is 5.82 Å². The number of hydrogen-bond donors (Lipinski definition) is 1. The van der Waals surface area contributed by atoms with Crippen LogP contribution < -0.4 is 5.32 Å². The highest BCUT2D eigenvalue weighted by Crippen LogP contribution is 2.23. The maximum atomic E-state index is 13.9. The van der Waals surface area contributed by atoms with Gasteiger partial charge in [0.1, 0.15) is 5.82 Å². The molecule has 0 saturated carbocycles. The molecule has 3 aliphatic rings. The minimum Gasteiger partial charge on any atom is -0.377 e. The molecule has 0 spiro atoms. The van der Waals surface area contributed by atoms with E-state index in [1.165, 1.54) is 25.3 Å². The van der Waals surface area contributed by atoms with Crippen molar-refractivity contribution >= 4 is 5.91 Å². The van der Waals surface area contributed by atoms with Crippen molar-refractivity contribution in [1.82, 2.24) is 15.1 Å². The standard InChI is InChI=1S/C23H34FN3O2/c1-17-15-26(16-19-5-4-14-29-19)11-10-22(17)25-18-8-12-27(13-9-18)23(28)20-6-2-3-7-21(20)24/h2-3,6-7,17-19,22,25H,4-5,8-16H2,1H3/t17-,19+,22-/m1/s1. The van der Waals surface area contributed by atoms with Crippen LogP contribution in [0.2, 0.25) is 0 Å². The molecule has 29 heavy (non-hydrogen) atoms. The predicted molar refractivity (Wildman–Crippen MR) is 111 cm³/mol. The molecule has 0 radical (unpaired) electrons. The summed E-state index contributed by atoms with van der Waals surface area (Å²) < 4.78 is 19.7. The number of nitrogens with zero attached hydrogens (tertiary/aromatic N) is 2. The summed E-state index contributed by atoms with van der Waals surface area (Å²) >= 11 is 0. The van der Waals surface area contributed by atoms with Gasteiger partial charge in [0.25, 0.3) is 5.91 Å². The van der Waals surface area contributed by atoms with E-state index in [-0.39, 0.29) is 11.5 Å². The normalized spacial score (nSPS) is 29.3. The monoisotopic (exact) mass is 403 g/mol. The molecule has 0 aromatic heterocycles. The molecule has 1 aromatic rings. The van der Waals surface area contributed by atoms with Gasteiger partial charge in [0.15, 0.2) is 0 Å². The van der Waals surface area contributed by atoms with E-state index in [4.69, 9.17) is 4.74 Å². The second kappa shape index (κ2) is 9.54. The van der Waals surface area contributed by atoms with Crippen molar-refractivity contribution in [3.63, 3.8) is 0 Å². The lowest BCUT2D eigenvalue weighted by molar-refractivity contribution is 0.0476. The number of hydrogen-bond acceptors (Lipinski definition) is 4. The molecule has 4 rings (SSSR count). The molecule has 3 aliphatic heterocycles. The lowest BCUT2D eigenvalue weighted by atomic mass is 9.91. The zero-order valence-electron chi connectivity index (χ0n) is 17.5. The number of carbonyl (C=O) groups is 1. The van der Waals surface area contributed by atoms with Crippen LogP contribution in [0.1, 0.15) is 49.4 Å². The van der Waals surface area contributed by atoms with Gasteiger partial charge in [-0.05, 0) is 56.7 Å². The fourth-order valence-corrected chi connectivity index (χ4v) is 5.08. The highest BCUT2D eigenvalue weighted by atomic mass is 19.1. The number of nitrogens with one attached hydrogen (secondary N) is 1. The van der Waals surface area contributed by atoms with Gasteiger partial charge in [0.2, 0.25) is 0 Å². The first-order valence-electron chi connectivity index (χ1n) is 11.2. The smallest absolute Gasteiger partial charge is 0.256 e. The highest BCUT2D eigenvalue weighted by Gasteiger charge is 2.31. The third kappa shape index (κ3) is 5.16. The topological polar surface area (TPSA) is 44.8 Å². The fourth-order valence-electron chi connectivity index (χ4n) is 5.08. The molecular weight excluding hydrogens is 369 g/mol. The van der Waals surface area contributed by atoms with Crippen molar-refractivity contribution in [2.45, 2.75) is 57.2 Å². The van der Waals surface area contributed by atoms with E-state index in [0.29, 0.717) is 37.2 Å². The van der Waals surface area contributed by atoms with Gasteiger partial charge in [-0.15, -0.1) is 0 Å². The minimum absolute atomic E-state index is 0.183. The van der Waals surface area contributed by atoms with Crippen LogP contribution >= 0.6 is 0 Å². The number of carbonyl (C=O) groups excluding carboxylic acids is 1. The van der Waals surface area contributed by atoms with Gasteiger partial charge in [-0.1, -0.05) is 19.1 Å². The minimum atomic E-state index is -0.429. The molecule has 3 heterocycles. The molecule has 3 fully saturated rings. The van der Waals surface area contributed by atoms with Crippen molar-refractivity contribution < 1.29 is 13.9 Å². The van der Waals surface area contributed by atoms with Crippen LogP contribution in [0.3, 0.4) is 0 Å². The van der Waals surface area contributed by atoms with Crippen LogP contribution in [0.15, 0.2) is 24.3 Å². The molecule has 1 N–H and O–H groups in total. The van der Waals surface area contributed by atoms with Crippen molar-refractivity contribution in [2.75, 3.05) is 39.3 Å². The summed E-state index contributed by atoms with van der Waals surface area (Å²) in [7, 11) is 0. The lowest BCUT2D eigenvalue weighted by Crippen LogP contribution is -2.54. The maximum Gasteiger partial charge on any atom is 0.256 e. The van der Waals surface area contributed by atoms with Crippen molar-refractivity contribution in [1.29, 1.82) is 0 Å². The first-order chi connectivity index (χ1) is 14.1. The molecule has 1 amide bonds. The molecule has 6 heteroatoms. The van der Waals surface area contributed by atoms with E-state index >= 15 is 0 Å². The summed E-state index contributed by atoms with van der Waals surface area (Å²) in [5.74, 6) is 0.00178. The molecule has 0 aliphatic carbocycles. The van der Waals surface area contributed by atoms with Crippen LogP contribution in [0, 0.1) is 11.7 Å². The Kier molecular flexibility index (Phi) is 6.83. The molecular formula is C23H34FN3O2. The Labute approximate surface area is 173 Å². The van der Waals surface area contributed by atoms with Gasteiger partial charge >= 0.3 is 0 Å². The Hall–Kier alpha value is -1.50. The summed E-state index contributed by atoms with van der Waals surface area (Å²) in [6, 6.07) is 7.25. The van der Waals surface area contributed by atoms with Gasteiger partial charge in [0.05, 0.1) is 11.7 Å².